The highest BCUT2D eigenvalue weighted by atomic mass is 16.5. The minimum atomic E-state index is 0.00681. The van der Waals surface area contributed by atoms with E-state index in [9.17, 15) is 0 Å². The summed E-state index contributed by atoms with van der Waals surface area (Å²) in [6.45, 7) is 2.70. The third kappa shape index (κ3) is 2.30. The van der Waals surface area contributed by atoms with Gasteiger partial charge in [0.2, 0.25) is 0 Å². The van der Waals surface area contributed by atoms with Crippen molar-refractivity contribution in [3.63, 3.8) is 0 Å². The molecule has 0 unspecified atom stereocenters. The van der Waals surface area contributed by atoms with Crippen molar-refractivity contribution in [1.82, 2.24) is 0 Å². The van der Waals surface area contributed by atoms with E-state index in [1.807, 2.05) is 37.3 Å². The van der Waals surface area contributed by atoms with Crippen LogP contribution in [0.25, 0.3) is 0 Å². The Morgan fingerprint density at radius 3 is 2.67 bits per heavy atom. The number of benzene rings is 1. The van der Waals surface area contributed by atoms with E-state index in [-0.39, 0.29) is 18.2 Å². The molecule has 0 heterocycles. The van der Waals surface area contributed by atoms with Gasteiger partial charge in [-0.3, -0.25) is 0 Å². The van der Waals surface area contributed by atoms with Crippen LogP contribution in [0.5, 0.6) is 5.75 Å². The van der Waals surface area contributed by atoms with Crippen molar-refractivity contribution in [3.8, 4) is 5.75 Å². The van der Waals surface area contributed by atoms with E-state index in [0.717, 1.165) is 12.2 Å². The van der Waals surface area contributed by atoms with E-state index in [0.29, 0.717) is 6.61 Å². The summed E-state index contributed by atoms with van der Waals surface area (Å²) >= 11 is 0. The topological polar surface area (TPSA) is 44.5 Å². The molecular formula is C12H17NO2. The van der Waals surface area contributed by atoms with Crippen molar-refractivity contribution in [1.29, 1.82) is 0 Å². The molecule has 0 bridgehead atoms. The van der Waals surface area contributed by atoms with Crippen LogP contribution < -0.4 is 10.5 Å². The number of para-hydroxylation sites is 1. The van der Waals surface area contributed by atoms with Gasteiger partial charge in [-0.2, -0.15) is 0 Å². The fourth-order valence-corrected chi connectivity index (χ4v) is 1.81. The van der Waals surface area contributed by atoms with Crippen LogP contribution in [0.3, 0.4) is 0 Å². The summed E-state index contributed by atoms with van der Waals surface area (Å²) in [5, 5.41) is 0. The van der Waals surface area contributed by atoms with Gasteiger partial charge >= 0.3 is 0 Å². The average molecular weight is 207 g/mol. The van der Waals surface area contributed by atoms with Crippen LogP contribution in [-0.4, -0.2) is 24.9 Å². The molecule has 2 rings (SSSR count). The smallest absolute Gasteiger partial charge is 0.140 e. The van der Waals surface area contributed by atoms with E-state index in [1.165, 1.54) is 0 Å². The highest BCUT2D eigenvalue weighted by molar-refractivity contribution is 5.22. The largest absolute Gasteiger partial charge is 0.486 e. The number of ether oxygens (including phenoxy) is 2. The Morgan fingerprint density at radius 2 is 2.07 bits per heavy atom. The van der Waals surface area contributed by atoms with Crippen LogP contribution in [0.4, 0.5) is 0 Å². The normalized spacial score (nSPS) is 29.6. The lowest BCUT2D eigenvalue weighted by molar-refractivity contribution is -0.0930. The van der Waals surface area contributed by atoms with Crippen molar-refractivity contribution < 1.29 is 9.47 Å². The number of nitrogens with two attached hydrogens (primary N) is 1. The number of rotatable bonds is 4. The zero-order chi connectivity index (χ0) is 10.7. The molecule has 1 saturated carbocycles. The molecule has 2 N–H and O–H groups in total. The molecule has 1 aliphatic rings. The monoisotopic (exact) mass is 207 g/mol. The Labute approximate surface area is 90.2 Å². The first kappa shape index (κ1) is 10.5. The number of hydrogen-bond acceptors (Lipinski definition) is 3. The zero-order valence-electron chi connectivity index (χ0n) is 8.93. The molecule has 0 amide bonds. The van der Waals surface area contributed by atoms with E-state index < -0.39 is 0 Å². The second-order valence-corrected chi connectivity index (χ2v) is 3.79. The van der Waals surface area contributed by atoms with Gasteiger partial charge < -0.3 is 15.2 Å². The molecule has 0 aliphatic heterocycles. The van der Waals surface area contributed by atoms with Crippen molar-refractivity contribution in [2.45, 2.75) is 31.6 Å². The van der Waals surface area contributed by atoms with Gasteiger partial charge in [0.15, 0.2) is 0 Å². The standard InChI is InChI=1S/C12H17NO2/c1-2-14-11-8-10(13)12(11)15-9-6-4-3-5-7-9/h3-7,10-12H,2,8,13H2,1H3/t10-,11+,12+/m0/s1. The molecule has 15 heavy (non-hydrogen) atoms. The first-order valence-corrected chi connectivity index (χ1v) is 5.40. The molecule has 1 aliphatic carbocycles. The van der Waals surface area contributed by atoms with E-state index >= 15 is 0 Å². The highest BCUT2D eigenvalue weighted by Gasteiger charge is 2.41. The van der Waals surface area contributed by atoms with Gasteiger partial charge in [0.1, 0.15) is 11.9 Å². The predicted molar refractivity (Wildman–Crippen MR) is 58.9 cm³/mol. The van der Waals surface area contributed by atoms with Crippen LogP contribution in [0, 0.1) is 0 Å². The third-order valence-electron chi connectivity index (χ3n) is 2.69. The predicted octanol–water partition coefficient (Wildman–Crippen LogP) is 1.57. The summed E-state index contributed by atoms with van der Waals surface area (Å²) in [5.74, 6) is 0.863. The maximum absolute atomic E-state index is 5.89. The summed E-state index contributed by atoms with van der Waals surface area (Å²) in [4.78, 5) is 0. The van der Waals surface area contributed by atoms with Gasteiger partial charge in [0.05, 0.1) is 6.10 Å². The molecule has 0 spiro atoms. The molecular weight excluding hydrogens is 190 g/mol. The fourth-order valence-electron chi connectivity index (χ4n) is 1.81. The molecule has 3 atom stereocenters. The molecule has 3 nitrogen and oxygen atoms in total. The Morgan fingerprint density at radius 1 is 1.33 bits per heavy atom. The maximum atomic E-state index is 5.89. The number of hydrogen-bond donors (Lipinski definition) is 1. The molecule has 1 aromatic carbocycles. The van der Waals surface area contributed by atoms with Crippen molar-refractivity contribution in [2.24, 2.45) is 5.73 Å². The Bertz CT molecular complexity index is 300. The highest BCUT2D eigenvalue weighted by Crippen LogP contribution is 2.27. The van der Waals surface area contributed by atoms with Crippen LogP contribution >= 0.6 is 0 Å². The van der Waals surface area contributed by atoms with Crippen molar-refractivity contribution in [3.05, 3.63) is 30.3 Å². The lowest BCUT2D eigenvalue weighted by atomic mass is 9.86. The lowest BCUT2D eigenvalue weighted by Gasteiger charge is -2.41. The van der Waals surface area contributed by atoms with Gasteiger partial charge in [-0.05, 0) is 25.5 Å². The Hall–Kier alpha value is -1.06. The first-order valence-electron chi connectivity index (χ1n) is 5.40. The molecule has 0 radical (unpaired) electrons. The summed E-state index contributed by atoms with van der Waals surface area (Å²) in [6, 6.07) is 9.85. The van der Waals surface area contributed by atoms with Gasteiger partial charge in [-0.25, -0.2) is 0 Å². The minimum Gasteiger partial charge on any atom is -0.486 e. The van der Waals surface area contributed by atoms with Crippen LogP contribution in [0.15, 0.2) is 30.3 Å². The van der Waals surface area contributed by atoms with Crippen LogP contribution in [0.2, 0.25) is 0 Å². The Kier molecular flexibility index (Phi) is 3.23. The second kappa shape index (κ2) is 4.64. The van der Waals surface area contributed by atoms with E-state index in [4.69, 9.17) is 15.2 Å². The van der Waals surface area contributed by atoms with E-state index in [1.54, 1.807) is 0 Å². The lowest BCUT2D eigenvalue weighted by Crippen LogP contribution is -2.59. The molecule has 1 fully saturated rings. The summed E-state index contributed by atoms with van der Waals surface area (Å²) in [6.07, 6.45) is 1.06. The SMILES string of the molecule is CCO[C@@H]1C[C@H](N)[C@H]1Oc1ccccc1. The molecule has 0 aromatic heterocycles. The second-order valence-electron chi connectivity index (χ2n) is 3.79. The van der Waals surface area contributed by atoms with Crippen molar-refractivity contribution in [2.75, 3.05) is 6.61 Å². The molecule has 82 valence electrons. The fraction of sp³-hybridized carbons (Fsp3) is 0.500. The van der Waals surface area contributed by atoms with Gasteiger partial charge in [0.25, 0.3) is 0 Å². The Balaban J connectivity index is 1.93. The van der Waals surface area contributed by atoms with Crippen LogP contribution in [-0.2, 0) is 4.74 Å². The molecule has 0 saturated heterocycles. The zero-order valence-corrected chi connectivity index (χ0v) is 8.93. The molecule has 1 aromatic rings. The summed E-state index contributed by atoms with van der Waals surface area (Å²) in [5.41, 5.74) is 5.89. The van der Waals surface area contributed by atoms with Gasteiger partial charge in [-0.15, -0.1) is 0 Å². The summed E-state index contributed by atoms with van der Waals surface area (Å²) in [7, 11) is 0. The summed E-state index contributed by atoms with van der Waals surface area (Å²) < 4.78 is 11.3. The van der Waals surface area contributed by atoms with Gasteiger partial charge in [-0.1, -0.05) is 18.2 Å². The first-order chi connectivity index (χ1) is 7.31. The van der Waals surface area contributed by atoms with Gasteiger partial charge in [0, 0.05) is 12.6 Å². The third-order valence-corrected chi connectivity index (χ3v) is 2.69. The average Bonchev–Trinajstić information content (AvgIpc) is 2.27. The van der Waals surface area contributed by atoms with Crippen molar-refractivity contribution >= 4 is 0 Å². The van der Waals surface area contributed by atoms with Crippen LogP contribution in [0.1, 0.15) is 13.3 Å². The quantitative estimate of drug-likeness (QED) is 0.815. The molecule has 3 heteroatoms. The van der Waals surface area contributed by atoms with E-state index in [2.05, 4.69) is 0 Å². The maximum Gasteiger partial charge on any atom is 0.140 e. The minimum absolute atomic E-state index is 0.00681.